The summed E-state index contributed by atoms with van der Waals surface area (Å²) in [5.74, 6) is 0. The van der Waals surface area contributed by atoms with Crippen molar-refractivity contribution in [2.75, 3.05) is 18.0 Å². The Kier molecular flexibility index (Phi) is 2.86. The molecule has 0 N–H and O–H groups in total. The standard InChI is InChI=1S/C16H24N2/c1-16(2,3)17-11-14-9-10-15(12-17)18(14)13-7-5-4-6-8-13/h4-8,14-15H,9-12H2,1-3H3. The Morgan fingerprint density at radius 1 is 0.944 bits per heavy atom. The van der Waals surface area contributed by atoms with Gasteiger partial charge in [0.05, 0.1) is 0 Å². The average Bonchev–Trinajstić information content (AvgIpc) is 2.59. The van der Waals surface area contributed by atoms with Crippen LogP contribution in [0.3, 0.4) is 0 Å². The Bertz CT molecular complexity index is 393. The van der Waals surface area contributed by atoms with E-state index in [0.717, 1.165) is 0 Å². The molecule has 0 radical (unpaired) electrons. The van der Waals surface area contributed by atoms with Gasteiger partial charge < -0.3 is 4.90 Å². The molecule has 0 aromatic heterocycles. The van der Waals surface area contributed by atoms with Crippen LogP contribution < -0.4 is 4.90 Å². The molecule has 2 unspecified atom stereocenters. The summed E-state index contributed by atoms with van der Waals surface area (Å²) in [5.41, 5.74) is 1.72. The molecule has 2 heterocycles. The van der Waals surface area contributed by atoms with Crippen molar-refractivity contribution in [2.45, 2.75) is 51.2 Å². The molecule has 2 heteroatoms. The van der Waals surface area contributed by atoms with Crippen molar-refractivity contribution in [1.82, 2.24) is 4.90 Å². The lowest BCUT2D eigenvalue weighted by Gasteiger charge is -2.47. The molecule has 2 fully saturated rings. The SMILES string of the molecule is CC(C)(C)N1CC2CCC(C1)N2c1ccccc1. The van der Waals surface area contributed by atoms with Crippen molar-refractivity contribution in [1.29, 1.82) is 0 Å². The van der Waals surface area contributed by atoms with Crippen LogP contribution in [0.25, 0.3) is 0 Å². The lowest BCUT2D eigenvalue weighted by Crippen LogP contribution is -2.58. The second kappa shape index (κ2) is 4.27. The molecule has 0 aliphatic carbocycles. The van der Waals surface area contributed by atoms with E-state index in [1.165, 1.54) is 31.6 Å². The fraction of sp³-hybridized carbons (Fsp3) is 0.625. The van der Waals surface area contributed by atoms with Crippen LogP contribution in [-0.4, -0.2) is 35.6 Å². The molecular formula is C16H24N2. The maximum absolute atomic E-state index is 2.67. The highest BCUT2D eigenvalue weighted by atomic mass is 15.3. The molecular weight excluding hydrogens is 220 g/mol. The summed E-state index contributed by atoms with van der Waals surface area (Å²) in [4.78, 5) is 5.33. The predicted octanol–water partition coefficient (Wildman–Crippen LogP) is 3.14. The van der Waals surface area contributed by atoms with Crippen molar-refractivity contribution in [3.63, 3.8) is 0 Å². The van der Waals surface area contributed by atoms with Crippen molar-refractivity contribution in [3.05, 3.63) is 30.3 Å². The quantitative estimate of drug-likeness (QED) is 0.749. The fourth-order valence-electron chi connectivity index (χ4n) is 3.47. The first-order valence-corrected chi connectivity index (χ1v) is 7.14. The molecule has 2 bridgehead atoms. The molecule has 98 valence electrons. The van der Waals surface area contributed by atoms with Gasteiger partial charge in [-0.1, -0.05) is 18.2 Å². The fourth-order valence-corrected chi connectivity index (χ4v) is 3.47. The minimum atomic E-state index is 0.309. The van der Waals surface area contributed by atoms with Crippen LogP contribution in [0.15, 0.2) is 30.3 Å². The number of benzene rings is 1. The van der Waals surface area contributed by atoms with Gasteiger partial charge in [-0.3, -0.25) is 4.90 Å². The van der Waals surface area contributed by atoms with Crippen LogP contribution in [0, 0.1) is 0 Å². The van der Waals surface area contributed by atoms with Gasteiger partial charge in [0, 0.05) is 36.4 Å². The van der Waals surface area contributed by atoms with Gasteiger partial charge in [0.15, 0.2) is 0 Å². The van der Waals surface area contributed by atoms with E-state index >= 15 is 0 Å². The van der Waals surface area contributed by atoms with Gasteiger partial charge >= 0.3 is 0 Å². The molecule has 2 aliphatic rings. The molecule has 2 nitrogen and oxygen atoms in total. The van der Waals surface area contributed by atoms with Crippen molar-refractivity contribution >= 4 is 5.69 Å². The molecule has 2 atom stereocenters. The number of rotatable bonds is 1. The number of hydrogen-bond acceptors (Lipinski definition) is 2. The van der Waals surface area contributed by atoms with Gasteiger partial charge in [-0.05, 0) is 45.7 Å². The molecule has 1 aromatic carbocycles. The zero-order valence-corrected chi connectivity index (χ0v) is 11.8. The van der Waals surface area contributed by atoms with Crippen LogP contribution in [0.2, 0.25) is 0 Å². The second-order valence-electron chi connectivity index (χ2n) is 6.70. The van der Waals surface area contributed by atoms with Gasteiger partial charge in [0.2, 0.25) is 0 Å². The van der Waals surface area contributed by atoms with Gasteiger partial charge in [0.25, 0.3) is 0 Å². The first-order chi connectivity index (χ1) is 8.55. The number of hydrogen-bond donors (Lipinski definition) is 0. The van der Waals surface area contributed by atoms with E-state index in [0.29, 0.717) is 17.6 Å². The first kappa shape index (κ1) is 12.0. The zero-order valence-electron chi connectivity index (χ0n) is 11.8. The molecule has 2 aliphatic heterocycles. The molecule has 0 spiro atoms. The summed E-state index contributed by atoms with van der Waals surface area (Å²) >= 11 is 0. The summed E-state index contributed by atoms with van der Waals surface area (Å²) in [7, 11) is 0. The summed E-state index contributed by atoms with van der Waals surface area (Å²) in [6, 6.07) is 12.4. The van der Waals surface area contributed by atoms with Crippen molar-refractivity contribution in [2.24, 2.45) is 0 Å². The lowest BCUT2D eigenvalue weighted by molar-refractivity contribution is 0.106. The molecule has 18 heavy (non-hydrogen) atoms. The smallest absolute Gasteiger partial charge is 0.0421 e. The average molecular weight is 244 g/mol. The zero-order chi connectivity index (χ0) is 12.8. The van der Waals surface area contributed by atoms with E-state index in [4.69, 9.17) is 0 Å². The summed E-state index contributed by atoms with van der Waals surface area (Å²) in [6.45, 7) is 9.45. The van der Waals surface area contributed by atoms with Crippen molar-refractivity contribution in [3.8, 4) is 0 Å². The Labute approximate surface area is 111 Å². The Morgan fingerprint density at radius 3 is 2.00 bits per heavy atom. The molecule has 1 aromatic rings. The Balaban J connectivity index is 1.82. The Hall–Kier alpha value is -1.02. The van der Waals surface area contributed by atoms with E-state index in [9.17, 15) is 0 Å². The van der Waals surface area contributed by atoms with E-state index in [-0.39, 0.29) is 0 Å². The van der Waals surface area contributed by atoms with E-state index < -0.39 is 0 Å². The topological polar surface area (TPSA) is 6.48 Å². The van der Waals surface area contributed by atoms with E-state index in [1.807, 2.05) is 0 Å². The van der Waals surface area contributed by atoms with Crippen molar-refractivity contribution < 1.29 is 0 Å². The van der Waals surface area contributed by atoms with E-state index in [1.54, 1.807) is 0 Å². The maximum atomic E-state index is 2.67. The summed E-state index contributed by atoms with van der Waals surface area (Å²) in [5, 5.41) is 0. The van der Waals surface area contributed by atoms with E-state index in [2.05, 4.69) is 60.9 Å². The second-order valence-corrected chi connectivity index (χ2v) is 6.70. The highest BCUT2D eigenvalue weighted by Crippen LogP contribution is 2.36. The van der Waals surface area contributed by atoms with Gasteiger partial charge in [0.1, 0.15) is 0 Å². The minimum absolute atomic E-state index is 0.309. The highest BCUT2D eigenvalue weighted by molar-refractivity contribution is 5.50. The third-order valence-electron chi connectivity index (χ3n) is 4.49. The van der Waals surface area contributed by atoms with Crippen LogP contribution in [-0.2, 0) is 0 Å². The number of anilines is 1. The first-order valence-electron chi connectivity index (χ1n) is 7.14. The number of para-hydroxylation sites is 1. The normalized spacial score (nSPS) is 28.7. The monoisotopic (exact) mass is 244 g/mol. The summed E-state index contributed by atoms with van der Waals surface area (Å²) < 4.78 is 0. The maximum Gasteiger partial charge on any atom is 0.0421 e. The van der Waals surface area contributed by atoms with Gasteiger partial charge in [-0.25, -0.2) is 0 Å². The number of nitrogens with zero attached hydrogens (tertiary/aromatic N) is 2. The predicted molar refractivity (Wildman–Crippen MR) is 77.1 cm³/mol. The largest absolute Gasteiger partial charge is 0.363 e. The minimum Gasteiger partial charge on any atom is -0.363 e. The van der Waals surface area contributed by atoms with Crippen LogP contribution >= 0.6 is 0 Å². The number of likely N-dealkylation sites (tertiary alicyclic amines) is 1. The third-order valence-corrected chi connectivity index (χ3v) is 4.49. The Morgan fingerprint density at radius 2 is 1.50 bits per heavy atom. The molecule has 0 amide bonds. The molecule has 2 saturated heterocycles. The third kappa shape index (κ3) is 2.03. The van der Waals surface area contributed by atoms with Crippen LogP contribution in [0.5, 0.6) is 0 Å². The molecule has 3 rings (SSSR count). The van der Waals surface area contributed by atoms with Gasteiger partial charge in [-0.15, -0.1) is 0 Å². The van der Waals surface area contributed by atoms with Crippen LogP contribution in [0.1, 0.15) is 33.6 Å². The number of piperazine rings is 1. The van der Waals surface area contributed by atoms with Crippen LogP contribution in [0.4, 0.5) is 5.69 Å². The lowest BCUT2D eigenvalue weighted by atomic mass is 10.0. The molecule has 0 saturated carbocycles. The highest BCUT2D eigenvalue weighted by Gasteiger charge is 2.42. The number of fused-ring (bicyclic) bond motifs is 2. The summed E-state index contributed by atoms with van der Waals surface area (Å²) in [6.07, 6.45) is 2.71. The van der Waals surface area contributed by atoms with Gasteiger partial charge in [-0.2, -0.15) is 0 Å².